The highest BCUT2D eigenvalue weighted by Crippen LogP contribution is 2.29. The van der Waals surface area contributed by atoms with Crippen LogP contribution in [0.1, 0.15) is 16.8 Å². The van der Waals surface area contributed by atoms with Crippen molar-refractivity contribution in [3.05, 3.63) is 66.2 Å². The molecule has 0 bridgehead atoms. The van der Waals surface area contributed by atoms with Gasteiger partial charge in [-0.25, -0.2) is 0 Å². The van der Waals surface area contributed by atoms with Crippen molar-refractivity contribution in [2.24, 2.45) is 0 Å². The van der Waals surface area contributed by atoms with Crippen LogP contribution in [-0.2, 0) is 4.79 Å². The Kier molecular flexibility index (Phi) is 6.11. The smallest absolute Gasteiger partial charge is 0.251 e. The molecule has 0 saturated heterocycles. The lowest BCUT2D eigenvalue weighted by Crippen LogP contribution is -2.27. The minimum atomic E-state index is -0.204. The van der Waals surface area contributed by atoms with E-state index in [1.54, 1.807) is 31.4 Å². The lowest BCUT2D eigenvalue weighted by Gasteiger charge is -2.11. The molecule has 3 aromatic rings. The van der Waals surface area contributed by atoms with Crippen molar-refractivity contribution < 1.29 is 19.1 Å². The minimum absolute atomic E-state index is 0.160. The summed E-state index contributed by atoms with van der Waals surface area (Å²) in [6.45, 7) is 0.241. The average Bonchev–Trinajstić information content (AvgIpc) is 2.73. The fourth-order valence-electron chi connectivity index (χ4n) is 2.86. The van der Waals surface area contributed by atoms with Crippen LogP contribution in [0.25, 0.3) is 10.8 Å². The predicted molar refractivity (Wildman–Crippen MR) is 109 cm³/mol. The molecule has 0 aliphatic heterocycles. The van der Waals surface area contributed by atoms with E-state index in [1.807, 2.05) is 36.4 Å². The van der Waals surface area contributed by atoms with Crippen LogP contribution < -0.4 is 20.1 Å². The molecule has 6 heteroatoms. The van der Waals surface area contributed by atoms with E-state index in [4.69, 9.17) is 9.47 Å². The molecule has 3 aromatic carbocycles. The van der Waals surface area contributed by atoms with Gasteiger partial charge < -0.3 is 20.1 Å². The molecule has 0 unspecified atom stereocenters. The van der Waals surface area contributed by atoms with Crippen LogP contribution in [0.4, 0.5) is 5.69 Å². The standard InChI is InChI=1S/C22H22N2O4/c1-27-19-10-9-18(14-20(19)28-2)24-21(25)11-12-23-22(26)17-8-7-15-5-3-4-6-16(15)13-17/h3-10,13-14H,11-12H2,1-2H3,(H,23,26)(H,24,25). The average molecular weight is 378 g/mol. The van der Waals surface area contributed by atoms with Crippen LogP contribution in [0.3, 0.4) is 0 Å². The summed E-state index contributed by atoms with van der Waals surface area (Å²) in [6, 6.07) is 18.5. The van der Waals surface area contributed by atoms with Gasteiger partial charge in [0.15, 0.2) is 11.5 Å². The molecule has 0 aliphatic carbocycles. The Morgan fingerprint density at radius 3 is 2.36 bits per heavy atom. The summed E-state index contributed by atoms with van der Waals surface area (Å²) in [6.07, 6.45) is 0.160. The number of hydrogen-bond donors (Lipinski definition) is 2. The number of fused-ring (bicyclic) bond motifs is 1. The first-order valence-corrected chi connectivity index (χ1v) is 8.89. The third-order valence-electron chi connectivity index (χ3n) is 4.32. The molecule has 0 saturated carbocycles. The van der Waals surface area contributed by atoms with Crippen molar-refractivity contribution in [1.82, 2.24) is 5.32 Å². The van der Waals surface area contributed by atoms with Crippen molar-refractivity contribution in [2.45, 2.75) is 6.42 Å². The topological polar surface area (TPSA) is 76.7 Å². The second kappa shape index (κ2) is 8.90. The fraction of sp³-hybridized carbons (Fsp3) is 0.182. The number of nitrogens with one attached hydrogen (secondary N) is 2. The number of hydrogen-bond acceptors (Lipinski definition) is 4. The van der Waals surface area contributed by atoms with Crippen molar-refractivity contribution in [3.63, 3.8) is 0 Å². The Balaban J connectivity index is 1.52. The van der Waals surface area contributed by atoms with Gasteiger partial charge in [0.2, 0.25) is 5.91 Å². The number of amides is 2. The minimum Gasteiger partial charge on any atom is -0.493 e. The summed E-state index contributed by atoms with van der Waals surface area (Å²) < 4.78 is 10.4. The summed E-state index contributed by atoms with van der Waals surface area (Å²) in [5.41, 5.74) is 1.17. The number of carbonyl (C=O) groups is 2. The van der Waals surface area contributed by atoms with E-state index in [9.17, 15) is 9.59 Å². The largest absolute Gasteiger partial charge is 0.493 e. The van der Waals surface area contributed by atoms with Gasteiger partial charge in [0, 0.05) is 30.3 Å². The third-order valence-corrected chi connectivity index (χ3v) is 4.32. The summed E-state index contributed by atoms with van der Waals surface area (Å²) in [5, 5.41) is 7.63. The van der Waals surface area contributed by atoms with E-state index in [-0.39, 0.29) is 24.8 Å². The molecule has 2 amide bonds. The summed E-state index contributed by atoms with van der Waals surface area (Å²) in [4.78, 5) is 24.4. The molecule has 0 aromatic heterocycles. The van der Waals surface area contributed by atoms with E-state index < -0.39 is 0 Å². The van der Waals surface area contributed by atoms with E-state index in [2.05, 4.69) is 10.6 Å². The molecule has 28 heavy (non-hydrogen) atoms. The third kappa shape index (κ3) is 4.59. The van der Waals surface area contributed by atoms with Crippen LogP contribution >= 0.6 is 0 Å². The van der Waals surface area contributed by atoms with Gasteiger partial charge in [-0.1, -0.05) is 30.3 Å². The second-order valence-electron chi connectivity index (χ2n) is 6.19. The molecule has 6 nitrogen and oxygen atoms in total. The van der Waals surface area contributed by atoms with Gasteiger partial charge in [-0.05, 0) is 35.0 Å². The van der Waals surface area contributed by atoms with Gasteiger partial charge in [0.25, 0.3) is 5.91 Å². The first-order chi connectivity index (χ1) is 13.6. The lowest BCUT2D eigenvalue weighted by molar-refractivity contribution is -0.116. The maximum Gasteiger partial charge on any atom is 0.251 e. The van der Waals surface area contributed by atoms with Gasteiger partial charge >= 0.3 is 0 Å². The van der Waals surface area contributed by atoms with Crippen LogP contribution in [0.15, 0.2) is 60.7 Å². The molecule has 0 atom stereocenters. The zero-order valence-electron chi connectivity index (χ0n) is 15.8. The van der Waals surface area contributed by atoms with E-state index in [1.165, 1.54) is 7.11 Å². The fourth-order valence-corrected chi connectivity index (χ4v) is 2.86. The number of carbonyl (C=O) groups excluding carboxylic acids is 2. The van der Waals surface area contributed by atoms with Crippen LogP contribution in [0, 0.1) is 0 Å². The van der Waals surface area contributed by atoms with Gasteiger partial charge in [-0.15, -0.1) is 0 Å². The Labute approximate surface area is 163 Å². The zero-order valence-corrected chi connectivity index (χ0v) is 15.8. The molecular formula is C22H22N2O4. The molecule has 0 radical (unpaired) electrons. The molecule has 0 aliphatic rings. The number of rotatable bonds is 7. The molecule has 0 spiro atoms. The molecule has 3 rings (SSSR count). The van der Waals surface area contributed by atoms with Crippen molar-refractivity contribution in [1.29, 1.82) is 0 Å². The maximum absolute atomic E-state index is 12.3. The van der Waals surface area contributed by atoms with Gasteiger partial charge in [0.05, 0.1) is 14.2 Å². The zero-order chi connectivity index (χ0) is 19.9. The van der Waals surface area contributed by atoms with Crippen LogP contribution in [-0.4, -0.2) is 32.6 Å². The highest BCUT2D eigenvalue weighted by atomic mass is 16.5. The summed E-state index contributed by atoms with van der Waals surface area (Å²) >= 11 is 0. The Morgan fingerprint density at radius 1 is 0.857 bits per heavy atom. The molecule has 0 heterocycles. The van der Waals surface area contributed by atoms with Crippen LogP contribution in [0.5, 0.6) is 11.5 Å². The number of benzene rings is 3. The number of methoxy groups -OCH3 is 2. The van der Waals surface area contributed by atoms with Crippen molar-refractivity contribution >= 4 is 28.3 Å². The predicted octanol–water partition coefficient (Wildman–Crippen LogP) is 3.62. The highest BCUT2D eigenvalue weighted by Gasteiger charge is 2.09. The maximum atomic E-state index is 12.3. The van der Waals surface area contributed by atoms with Gasteiger partial charge in [-0.3, -0.25) is 9.59 Å². The summed E-state index contributed by atoms with van der Waals surface area (Å²) in [5.74, 6) is 0.712. The second-order valence-corrected chi connectivity index (χ2v) is 6.19. The molecule has 2 N–H and O–H groups in total. The van der Waals surface area contributed by atoms with Gasteiger partial charge in [0.1, 0.15) is 0 Å². The molecular weight excluding hydrogens is 356 g/mol. The van der Waals surface area contributed by atoms with Gasteiger partial charge in [-0.2, -0.15) is 0 Å². The Hall–Kier alpha value is -3.54. The highest BCUT2D eigenvalue weighted by molar-refractivity contribution is 5.99. The monoisotopic (exact) mass is 378 g/mol. The van der Waals surface area contributed by atoms with Crippen molar-refractivity contribution in [2.75, 3.05) is 26.1 Å². The van der Waals surface area contributed by atoms with E-state index in [0.717, 1.165) is 10.8 Å². The van der Waals surface area contributed by atoms with Crippen LogP contribution in [0.2, 0.25) is 0 Å². The molecule has 144 valence electrons. The first-order valence-electron chi connectivity index (χ1n) is 8.89. The van der Waals surface area contributed by atoms with E-state index >= 15 is 0 Å². The molecule has 0 fully saturated rings. The number of anilines is 1. The Bertz CT molecular complexity index is 1000. The Morgan fingerprint density at radius 2 is 1.61 bits per heavy atom. The first kappa shape index (κ1) is 19.2. The SMILES string of the molecule is COc1ccc(NC(=O)CCNC(=O)c2ccc3ccccc3c2)cc1OC. The lowest BCUT2D eigenvalue weighted by atomic mass is 10.1. The summed E-state index contributed by atoms with van der Waals surface area (Å²) in [7, 11) is 3.08. The normalized spacial score (nSPS) is 10.4. The quantitative estimate of drug-likeness (QED) is 0.658. The van der Waals surface area contributed by atoms with Crippen molar-refractivity contribution in [3.8, 4) is 11.5 Å². The number of ether oxygens (including phenoxy) is 2. The van der Waals surface area contributed by atoms with E-state index in [0.29, 0.717) is 22.7 Å².